The van der Waals surface area contributed by atoms with Crippen molar-refractivity contribution >= 4 is 0 Å². The molecule has 0 bridgehead atoms. The lowest BCUT2D eigenvalue weighted by atomic mass is 9.98. The Hall–Kier alpha value is -0.900. The number of ether oxygens (including phenoxy) is 1. The Labute approximate surface area is 123 Å². The summed E-state index contributed by atoms with van der Waals surface area (Å²) in [5, 5.41) is 0. The third-order valence-corrected chi connectivity index (χ3v) is 4.14. The molecule has 20 heavy (non-hydrogen) atoms. The van der Waals surface area contributed by atoms with E-state index in [9.17, 15) is 0 Å². The molecule has 0 aliphatic carbocycles. The summed E-state index contributed by atoms with van der Waals surface area (Å²) in [5.74, 6) is 0. The van der Waals surface area contributed by atoms with Crippen molar-refractivity contribution in [3.8, 4) is 0 Å². The molecule has 1 aliphatic heterocycles. The molecule has 1 saturated heterocycles. The summed E-state index contributed by atoms with van der Waals surface area (Å²) < 4.78 is 5.76. The zero-order valence-electron chi connectivity index (χ0n) is 13.1. The Bertz CT molecular complexity index is 431. The zero-order chi connectivity index (χ0) is 14.5. The Morgan fingerprint density at radius 1 is 1.40 bits per heavy atom. The molecule has 0 saturated carbocycles. The lowest BCUT2D eigenvalue weighted by molar-refractivity contribution is 0.00448. The molecule has 112 valence electrons. The lowest BCUT2D eigenvalue weighted by Crippen LogP contribution is -2.43. The summed E-state index contributed by atoms with van der Waals surface area (Å²) in [6.07, 6.45) is 2.79. The van der Waals surface area contributed by atoms with Crippen molar-refractivity contribution in [2.24, 2.45) is 5.73 Å². The standard InChI is InChI=1S/C17H28N2O/c1-4-20-15-6-5-9-19(11-15)12-17(18)16-8-7-13(2)10-14(16)3/h7-8,10,15,17H,4-6,9,11-12,18H2,1-3H3. The molecular formula is C17H28N2O. The van der Waals surface area contributed by atoms with E-state index in [4.69, 9.17) is 10.5 Å². The van der Waals surface area contributed by atoms with Gasteiger partial charge in [0, 0.05) is 25.7 Å². The first kappa shape index (κ1) is 15.5. The predicted octanol–water partition coefficient (Wildman–Crippen LogP) is 2.80. The molecule has 1 fully saturated rings. The summed E-state index contributed by atoms with van der Waals surface area (Å²) in [7, 11) is 0. The van der Waals surface area contributed by atoms with Crippen LogP contribution in [0, 0.1) is 13.8 Å². The summed E-state index contributed by atoms with van der Waals surface area (Å²) in [6, 6.07) is 6.64. The Kier molecular flexibility index (Phi) is 5.58. The number of rotatable bonds is 5. The number of benzene rings is 1. The quantitative estimate of drug-likeness (QED) is 0.898. The molecule has 2 N–H and O–H groups in total. The summed E-state index contributed by atoms with van der Waals surface area (Å²) in [4.78, 5) is 2.45. The number of hydrogen-bond donors (Lipinski definition) is 1. The van der Waals surface area contributed by atoms with Crippen molar-refractivity contribution < 1.29 is 4.74 Å². The first-order valence-corrected chi connectivity index (χ1v) is 7.76. The minimum absolute atomic E-state index is 0.0935. The largest absolute Gasteiger partial charge is 0.377 e. The fourth-order valence-electron chi connectivity index (χ4n) is 3.17. The van der Waals surface area contributed by atoms with Crippen LogP contribution in [0.2, 0.25) is 0 Å². The molecule has 3 nitrogen and oxygen atoms in total. The van der Waals surface area contributed by atoms with Crippen LogP contribution in [0.1, 0.15) is 42.5 Å². The van der Waals surface area contributed by atoms with Crippen molar-refractivity contribution in [1.82, 2.24) is 4.90 Å². The van der Waals surface area contributed by atoms with Gasteiger partial charge in [0.25, 0.3) is 0 Å². The fourth-order valence-corrected chi connectivity index (χ4v) is 3.17. The van der Waals surface area contributed by atoms with E-state index >= 15 is 0 Å². The van der Waals surface area contributed by atoms with Crippen LogP contribution in [0.3, 0.4) is 0 Å². The van der Waals surface area contributed by atoms with E-state index < -0.39 is 0 Å². The van der Waals surface area contributed by atoms with E-state index in [1.54, 1.807) is 0 Å². The minimum atomic E-state index is 0.0935. The molecule has 2 rings (SSSR count). The van der Waals surface area contributed by atoms with E-state index in [0.717, 1.165) is 26.2 Å². The van der Waals surface area contributed by atoms with Gasteiger partial charge in [0.05, 0.1) is 6.10 Å². The van der Waals surface area contributed by atoms with Crippen molar-refractivity contribution in [1.29, 1.82) is 0 Å². The second kappa shape index (κ2) is 7.21. The van der Waals surface area contributed by atoms with Crippen molar-refractivity contribution in [2.45, 2.75) is 45.8 Å². The Morgan fingerprint density at radius 2 is 2.20 bits per heavy atom. The number of nitrogens with zero attached hydrogens (tertiary/aromatic N) is 1. The van der Waals surface area contributed by atoms with Crippen molar-refractivity contribution in [2.75, 3.05) is 26.2 Å². The Morgan fingerprint density at radius 3 is 2.90 bits per heavy atom. The molecular weight excluding hydrogens is 248 g/mol. The van der Waals surface area contributed by atoms with Crippen LogP contribution < -0.4 is 5.73 Å². The van der Waals surface area contributed by atoms with Gasteiger partial charge >= 0.3 is 0 Å². The topological polar surface area (TPSA) is 38.5 Å². The number of piperidine rings is 1. The van der Waals surface area contributed by atoms with Crippen LogP contribution in [-0.2, 0) is 4.74 Å². The van der Waals surface area contributed by atoms with Crippen LogP contribution in [0.15, 0.2) is 18.2 Å². The molecule has 1 aromatic carbocycles. The van der Waals surface area contributed by atoms with E-state index in [1.807, 2.05) is 0 Å². The van der Waals surface area contributed by atoms with Gasteiger partial charge in [-0.3, -0.25) is 4.90 Å². The average molecular weight is 276 g/mol. The summed E-state index contributed by atoms with van der Waals surface area (Å²) in [5.41, 5.74) is 10.3. The van der Waals surface area contributed by atoms with Crippen LogP contribution >= 0.6 is 0 Å². The number of nitrogens with two attached hydrogens (primary N) is 1. The maximum absolute atomic E-state index is 6.41. The van der Waals surface area contributed by atoms with Crippen molar-refractivity contribution in [3.63, 3.8) is 0 Å². The third-order valence-electron chi connectivity index (χ3n) is 4.14. The first-order valence-electron chi connectivity index (χ1n) is 7.76. The fraction of sp³-hybridized carbons (Fsp3) is 0.647. The third kappa shape index (κ3) is 4.05. The zero-order valence-corrected chi connectivity index (χ0v) is 13.1. The maximum atomic E-state index is 6.41. The van der Waals surface area contributed by atoms with Crippen molar-refractivity contribution in [3.05, 3.63) is 34.9 Å². The highest BCUT2D eigenvalue weighted by molar-refractivity contribution is 5.32. The smallest absolute Gasteiger partial charge is 0.0702 e. The molecule has 0 radical (unpaired) electrons. The molecule has 1 heterocycles. The summed E-state index contributed by atoms with van der Waals surface area (Å²) >= 11 is 0. The second-order valence-corrected chi connectivity index (χ2v) is 5.95. The van der Waals surface area contributed by atoms with Gasteiger partial charge in [-0.15, -0.1) is 0 Å². The van der Waals surface area contributed by atoms with E-state index in [0.29, 0.717) is 6.10 Å². The predicted molar refractivity (Wildman–Crippen MR) is 83.9 cm³/mol. The van der Waals surface area contributed by atoms with Gasteiger partial charge in [-0.2, -0.15) is 0 Å². The van der Waals surface area contributed by atoms with E-state index in [1.165, 1.54) is 29.5 Å². The van der Waals surface area contributed by atoms with Gasteiger partial charge in [0.2, 0.25) is 0 Å². The monoisotopic (exact) mass is 276 g/mol. The molecule has 2 unspecified atom stereocenters. The van der Waals surface area contributed by atoms with Gasteiger partial charge in [-0.05, 0) is 51.3 Å². The summed E-state index contributed by atoms with van der Waals surface area (Å²) in [6.45, 7) is 10.2. The van der Waals surface area contributed by atoms with Crippen LogP contribution in [0.5, 0.6) is 0 Å². The van der Waals surface area contributed by atoms with E-state index in [-0.39, 0.29) is 6.04 Å². The molecule has 0 aromatic heterocycles. The van der Waals surface area contributed by atoms with Gasteiger partial charge in [0.1, 0.15) is 0 Å². The van der Waals surface area contributed by atoms with E-state index in [2.05, 4.69) is 43.9 Å². The Balaban J connectivity index is 1.95. The normalized spacial score (nSPS) is 21.9. The van der Waals surface area contributed by atoms with Crippen LogP contribution in [0.25, 0.3) is 0 Å². The molecule has 0 amide bonds. The van der Waals surface area contributed by atoms with Crippen LogP contribution in [-0.4, -0.2) is 37.2 Å². The molecule has 3 heteroatoms. The van der Waals surface area contributed by atoms with Crippen LogP contribution in [0.4, 0.5) is 0 Å². The first-order chi connectivity index (χ1) is 9.60. The maximum Gasteiger partial charge on any atom is 0.0702 e. The van der Waals surface area contributed by atoms with Gasteiger partial charge in [0.15, 0.2) is 0 Å². The second-order valence-electron chi connectivity index (χ2n) is 5.95. The highest BCUT2D eigenvalue weighted by Gasteiger charge is 2.22. The highest BCUT2D eigenvalue weighted by Crippen LogP contribution is 2.20. The number of likely N-dealkylation sites (tertiary alicyclic amines) is 1. The minimum Gasteiger partial charge on any atom is -0.377 e. The molecule has 0 spiro atoms. The van der Waals surface area contributed by atoms with Gasteiger partial charge < -0.3 is 10.5 Å². The van der Waals surface area contributed by atoms with Gasteiger partial charge in [-0.1, -0.05) is 23.8 Å². The average Bonchev–Trinajstić information content (AvgIpc) is 2.39. The molecule has 1 aliphatic rings. The molecule has 2 atom stereocenters. The lowest BCUT2D eigenvalue weighted by Gasteiger charge is -2.34. The number of hydrogen-bond acceptors (Lipinski definition) is 3. The van der Waals surface area contributed by atoms with Gasteiger partial charge in [-0.25, -0.2) is 0 Å². The SMILES string of the molecule is CCOC1CCCN(CC(N)c2ccc(C)cc2C)C1. The molecule has 1 aromatic rings. The number of aryl methyl sites for hydroxylation is 2. The highest BCUT2D eigenvalue weighted by atomic mass is 16.5.